The lowest BCUT2D eigenvalue weighted by Crippen LogP contribution is -2.29. The molecule has 3 aromatic rings. The number of fused-ring (bicyclic) bond motifs is 2. The van der Waals surface area contributed by atoms with E-state index >= 15 is 0 Å². The number of hydrogen-bond donors (Lipinski definition) is 2. The number of nitrogens with zero attached hydrogens (tertiary/aromatic N) is 3. The Hall–Kier alpha value is -2.74. The van der Waals surface area contributed by atoms with Gasteiger partial charge in [0.1, 0.15) is 23.2 Å². The van der Waals surface area contributed by atoms with Gasteiger partial charge >= 0.3 is 5.97 Å². The van der Waals surface area contributed by atoms with Crippen molar-refractivity contribution in [2.75, 3.05) is 11.1 Å². The molecule has 0 aromatic carbocycles. The van der Waals surface area contributed by atoms with Gasteiger partial charge in [0.2, 0.25) is 0 Å². The number of carboxylic acids is 1. The highest BCUT2D eigenvalue weighted by Gasteiger charge is 2.39. The van der Waals surface area contributed by atoms with E-state index in [1.54, 1.807) is 6.07 Å². The predicted molar refractivity (Wildman–Crippen MR) is 118 cm³/mol. The van der Waals surface area contributed by atoms with Crippen molar-refractivity contribution < 1.29 is 9.90 Å². The molecule has 0 saturated heterocycles. The first-order valence-corrected chi connectivity index (χ1v) is 11.1. The molecule has 5 rings (SSSR count). The van der Waals surface area contributed by atoms with Gasteiger partial charge in [-0.3, -0.25) is 13.8 Å². The Balaban J connectivity index is 1.79. The number of anilines is 1. The molecule has 0 radical (unpaired) electrons. The van der Waals surface area contributed by atoms with Gasteiger partial charge in [0.15, 0.2) is 0 Å². The molecule has 1 saturated carbocycles. The first-order chi connectivity index (χ1) is 14.2. The monoisotopic (exact) mass is 424 g/mol. The van der Waals surface area contributed by atoms with Crippen molar-refractivity contribution in [1.82, 2.24) is 14.0 Å². The Kier molecular flexibility index (Phi) is 4.25. The number of aliphatic carboxylic acids is 1. The summed E-state index contributed by atoms with van der Waals surface area (Å²) in [6.07, 6.45) is 4.06. The first-order valence-electron chi connectivity index (χ1n) is 10.2. The number of nitrogens with one attached hydrogen (secondary N) is 1. The van der Waals surface area contributed by atoms with Crippen molar-refractivity contribution in [1.29, 1.82) is 0 Å². The van der Waals surface area contributed by atoms with E-state index in [0.29, 0.717) is 11.7 Å². The van der Waals surface area contributed by atoms with E-state index in [0.717, 1.165) is 46.2 Å². The molecule has 1 fully saturated rings. The van der Waals surface area contributed by atoms with E-state index in [2.05, 4.69) is 26.1 Å². The molecule has 0 amide bonds. The molecule has 8 heteroatoms. The zero-order chi connectivity index (χ0) is 21.2. The smallest absolute Gasteiger partial charge is 0.327 e. The van der Waals surface area contributed by atoms with Gasteiger partial charge < -0.3 is 10.4 Å². The second kappa shape index (κ2) is 6.63. The SMILES string of the molecule is CC(C)(C)Nc1c(-c2cc(=O)n3c(c2C2CC2)SCC3C(=O)O)nc2ccccn12. The van der Waals surface area contributed by atoms with Gasteiger partial charge in [-0.1, -0.05) is 6.07 Å². The summed E-state index contributed by atoms with van der Waals surface area (Å²) in [7, 11) is 0. The number of hydrogen-bond acceptors (Lipinski definition) is 5. The Morgan fingerprint density at radius 3 is 2.73 bits per heavy atom. The maximum Gasteiger partial charge on any atom is 0.327 e. The van der Waals surface area contributed by atoms with Crippen molar-refractivity contribution in [3.05, 3.63) is 46.4 Å². The number of carbonyl (C=O) groups is 1. The zero-order valence-corrected chi connectivity index (χ0v) is 18.0. The number of aromatic nitrogens is 3. The minimum Gasteiger partial charge on any atom is -0.480 e. The van der Waals surface area contributed by atoms with Gasteiger partial charge in [0, 0.05) is 29.1 Å². The van der Waals surface area contributed by atoms with Crippen molar-refractivity contribution >= 4 is 29.2 Å². The molecule has 30 heavy (non-hydrogen) atoms. The van der Waals surface area contributed by atoms with Crippen molar-refractivity contribution in [3.63, 3.8) is 0 Å². The van der Waals surface area contributed by atoms with E-state index in [4.69, 9.17) is 4.98 Å². The second-order valence-corrected chi connectivity index (χ2v) is 10.0. The van der Waals surface area contributed by atoms with Crippen LogP contribution < -0.4 is 10.9 Å². The highest BCUT2D eigenvalue weighted by Crippen LogP contribution is 2.51. The summed E-state index contributed by atoms with van der Waals surface area (Å²) in [5.41, 5.74) is 2.97. The summed E-state index contributed by atoms with van der Waals surface area (Å²) in [5.74, 6) is 0.614. The summed E-state index contributed by atoms with van der Waals surface area (Å²) in [5, 5.41) is 13.9. The van der Waals surface area contributed by atoms with Crippen LogP contribution in [0.15, 0.2) is 40.3 Å². The van der Waals surface area contributed by atoms with Crippen LogP contribution >= 0.6 is 11.8 Å². The van der Waals surface area contributed by atoms with Crippen LogP contribution in [0.2, 0.25) is 0 Å². The highest BCUT2D eigenvalue weighted by atomic mass is 32.2. The molecule has 0 spiro atoms. The summed E-state index contributed by atoms with van der Waals surface area (Å²) < 4.78 is 3.48. The Labute approximate surface area is 178 Å². The molecular weight excluding hydrogens is 400 g/mol. The molecule has 2 N–H and O–H groups in total. The number of imidazole rings is 1. The molecule has 4 heterocycles. The molecule has 1 atom stereocenters. The summed E-state index contributed by atoms with van der Waals surface area (Å²) in [4.78, 5) is 29.6. The zero-order valence-electron chi connectivity index (χ0n) is 17.2. The van der Waals surface area contributed by atoms with Gasteiger partial charge in [-0.2, -0.15) is 0 Å². The number of rotatable bonds is 4. The molecule has 1 unspecified atom stereocenters. The molecule has 1 aliphatic heterocycles. The predicted octanol–water partition coefficient (Wildman–Crippen LogP) is 3.98. The van der Waals surface area contributed by atoms with E-state index in [-0.39, 0.29) is 11.1 Å². The normalized spacial score (nSPS) is 18.6. The lowest BCUT2D eigenvalue weighted by Gasteiger charge is -2.23. The average molecular weight is 425 g/mol. The van der Waals surface area contributed by atoms with Gasteiger partial charge in [-0.15, -0.1) is 11.8 Å². The third-order valence-electron chi connectivity index (χ3n) is 5.48. The van der Waals surface area contributed by atoms with E-state index in [1.807, 2.05) is 28.8 Å². The van der Waals surface area contributed by atoms with Gasteiger partial charge in [-0.25, -0.2) is 9.78 Å². The molecule has 7 nitrogen and oxygen atoms in total. The summed E-state index contributed by atoms with van der Waals surface area (Å²) in [6.45, 7) is 6.27. The van der Waals surface area contributed by atoms with Crippen LogP contribution in [0.3, 0.4) is 0 Å². The molecule has 156 valence electrons. The Morgan fingerprint density at radius 1 is 1.30 bits per heavy atom. The first kappa shape index (κ1) is 19.2. The largest absolute Gasteiger partial charge is 0.480 e. The maximum absolute atomic E-state index is 13.1. The Morgan fingerprint density at radius 2 is 2.07 bits per heavy atom. The van der Waals surface area contributed by atoms with Gasteiger partial charge in [0.05, 0.1) is 5.03 Å². The van der Waals surface area contributed by atoms with Crippen molar-refractivity contribution in [2.24, 2.45) is 0 Å². The minimum absolute atomic E-state index is 0.199. The van der Waals surface area contributed by atoms with Crippen molar-refractivity contribution in [3.8, 4) is 11.3 Å². The lowest BCUT2D eigenvalue weighted by atomic mass is 10.0. The van der Waals surface area contributed by atoms with Crippen LogP contribution in [0, 0.1) is 0 Å². The van der Waals surface area contributed by atoms with E-state index in [1.165, 1.54) is 16.3 Å². The highest BCUT2D eigenvalue weighted by molar-refractivity contribution is 7.99. The summed E-state index contributed by atoms with van der Waals surface area (Å²) in [6, 6.07) is 6.63. The van der Waals surface area contributed by atoms with Crippen LogP contribution in [0.5, 0.6) is 0 Å². The minimum atomic E-state index is -0.958. The third-order valence-corrected chi connectivity index (χ3v) is 6.66. The number of thioether (sulfide) groups is 1. The fraction of sp³-hybridized carbons (Fsp3) is 0.409. The van der Waals surface area contributed by atoms with Crippen LogP contribution in [0.4, 0.5) is 5.82 Å². The van der Waals surface area contributed by atoms with Crippen LogP contribution in [0.1, 0.15) is 51.1 Å². The second-order valence-electron chi connectivity index (χ2n) is 9.04. The quantitative estimate of drug-likeness (QED) is 0.659. The fourth-order valence-electron chi connectivity index (χ4n) is 4.09. The molecule has 2 aliphatic rings. The molecule has 0 bridgehead atoms. The number of pyridine rings is 2. The summed E-state index contributed by atoms with van der Waals surface area (Å²) >= 11 is 1.48. The van der Waals surface area contributed by atoms with E-state index < -0.39 is 12.0 Å². The van der Waals surface area contributed by atoms with Crippen molar-refractivity contribution in [2.45, 2.75) is 56.1 Å². The van der Waals surface area contributed by atoms with Crippen LogP contribution in [0.25, 0.3) is 16.9 Å². The Bertz CT molecular complexity index is 1230. The lowest BCUT2D eigenvalue weighted by molar-refractivity contribution is -0.140. The van der Waals surface area contributed by atoms with E-state index in [9.17, 15) is 14.7 Å². The third kappa shape index (κ3) is 3.10. The standard InChI is InChI=1S/C22H24N4O3S/c1-22(2,3)24-19-18(23-15-6-4-5-9-25(15)19)13-10-16(27)26-14(21(28)29)11-30-20(26)17(13)12-7-8-12/h4-6,9-10,12,14,24H,7-8,11H2,1-3H3,(H,28,29). The van der Waals surface area contributed by atoms with Gasteiger partial charge in [-0.05, 0) is 57.2 Å². The van der Waals surface area contributed by atoms with Crippen LogP contribution in [-0.4, -0.2) is 36.3 Å². The van der Waals surface area contributed by atoms with Crippen LogP contribution in [-0.2, 0) is 4.79 Å². The molecule has 3 aromatic heterocycles. The molecular formula is C22H24N4O3S. The fourth-order valence-corrected chi connectivity index (χ4v) is 5.49. The topological polar surface area (TPSA) is 88.6 Å². The average Bonchev–Trinajstić information content (AvgIpc) is 3.29. The maximum atomic E-state index is 13.1. The molecule has 1 aliphatic carbocycles. The number of carboxylic acid groups (broad SMARTS) is 1. The van der Waals surface area contributed by atoms with Gasteiger partial charge in [0.25, 0.3) is 5.56 Å².